The van der Waals surface area contributed by atoms with Crippen molar-refractivity contribution in [2.24, 2.45) is 11.7 Å². The fraction of sp³-hybridized carbons (Fsp3) is 0.529. The van der Waals surface area contributed by atoms with E-state index in [1.165, 1.54) is 7.11 Å². The zero-order chi connectivity index (χ0) is 16.8. The van der Waals surface area contributed by atoms with E-state index in [0.29, 0.717) is 26.2 Å². The molecule has 2 rings (SSSR count). The Bertz CT molecular complexity index is 533. The Morgan fingerprint density at radius 3 is 2.21 bits per heavy atom. The van der Waals surface area contributed by atoms with E-state index in [1.807, 2.05) is 37.3 Å². The number of benzene rings is 1. The molecule has 2 atom stereocenters. The predicted octanol–water partition coefficient (Wildman–Crippen LogP) is 1.06. The number of nitrogens with zero attached hydrogens (tertiary/aromatic N) is 2. The van der Waals surface area contributed by atoms with E-state index in [2.05, 4.69) is 0 Å². The molecule has 1 aromatic carbocycles. The molecule has 2 N–H and O–H groups in total. The molecule has 134 valence electrons. The van der Waals surface area contributed by atoms with Crippen molar-refractivity contribution in [2.75, 3.05) is 39.9 Å². The second-order valence-corrected chi connectivity index (χ2v) is 5.86. The van der Waals surface area contributed by atoms with Gasteiger partial charge in [0.25, 0.3) is 0 Å². The summed E-state index contributed by atoms with van der Waals surface area (Å²) in [5, 5.41) is 0. The molecular weight excluding hydrogens is 330 g/mol. The molecule has 1 saturated heterocycles. The number of nitrogens with two attached hydrogens (primary N) is 1. The number of methoxy groups -OCH3 is 1. The first-order chi connectivity index (χ1) is 11.0. The van der Waals surface area contributed by atoms with E-state index in [-0.39, 0.29) is 42.8 Å². The van der Waals surface area contributed by atoms with Crippen molar-refractivity contribution in [3.63, 3.8) is 0 Å². The second-order valence-electron chi connectivity index (χ2n) is 5.86. The van der Waals surface area contributed by atoms with Gasteiger partial charge in [-0.3, -0.25) is 9.59 Å². The Morgan fingerprint density at radius 1 is 1.12 bits per heavy atom. The first-order valence-corrected chi connectivity index (χ1v) is 7.90. The second kappa shape index (κ2) is 9.61. The van der Waals surface area contributed by atoms with Crippen molar-refractivity contribution in [3.8, 4) is 0 Å². The van der Waals surface area contributed by atoms with Gasteiger partial charge in [0.15, 0.2) is 0 Å². The highest BCUT2D eigenvalue weighted by Gasteiger charge is 2.30. The number of carbonyl (C=O) groups excluding carboxylic acids is 2. The van der Waals surface area contributed by atoms with Crippen LogP contribution in [0, 0.1) is 5.92 Å². The van der Waals surface area contributed by atoms with E-state index >= 15 is 0 Å². The fourth-order valence-corrected chi connectivity index (χ4v) is 2.80. The standard InChI is InChI=1S/C17H25N3O3.ClH/c1-13(16(18)14-6-4-3-5-7-14)17(22)20-10-8-19(9-11-20)15(21)12-23-2;/h3-7,13,16H,8-12,18H2,1-2H3;1H. The minimum absolute atomic E-state index is 0. The Balaban J connectivity index is 0.00000288. The van der Waals surface area contributed by atoms with E-state index in [4.69, 9.17) is 10.5 Å². The van der Waals surface area contributed by atoms with Gasteiger partial charge >= 0.3 is 0 Å². The summed E-state index contributed by atoms with van der Waals surface area (Å²) in [6.45, 7) is 4.12. The normalized spacial score (nSPS) is 17.0. The number of rotatable bonds is 5. The average Bonchev–Trinajstić information content (AvgIpc) is 2.61. The highest BCUT2D eigenvalue weighted by molar-refractivity contribution is 5.85. The van der Waals surface area contributed by atoms with Gasteiger partial charge in [0.05, 0.1) is 5.92 Å². The molecule has 0 radical (unpaired) electrons. The number of carbonyl (C=O) groups is 2. The third kappa shape index (κ3) is 4.93. The lowest BCUT2D eigenvalue weighted by Gasteiger charge is -2.36. The highest BCUT2D eigenvalue weighted by Crippen LogP contribution is 2.21. The molecule has 2 unspecified atom stereocenters. The van der Waals surface area contributed by atoms with Crippen LogP contribution in [0.2, 0.25) is 0 Å². The Hall–Kier alpha value is -1.63. The summed E-state index contributed by atoms with van der Waals surface area (Å²) in [6.07, 6.45) is 0. The monoisotopic (exact) mass is 355 g/mol. The van der Waals surface area contributed by atoms with Crippen molar-refractivity contribution in [2.45, 2.75) is 13.0 Å². The molecule has 6 nitrogen and oxygen atoms in total. The molecule has 1 fully saturated rings. The summed E-state index contributed by atoms with van der Waals surface area (Å²) in [5.41, 5.74) is 7.19. The van der Waals surface area contributed by atoms with E-state index in [0.717, 1.165) is 5.56 Å². The average molecular weight is 356 g/mol. The van der Waals surface area contributed by atoms with E-state index < -0.39 is 0 Å². The number of piperazine rings is 1. The maximum atomic E-state index is 12.6. The number of amides is 2. The molecule has 1 heterocycles. The molecule has 0 spiro atoms. The molecule has 1 aromatic rings. The molecular formula is C17H26ClN3O3. The van der Waals surface area contributed by atoms with Gasteiger partial charge in [-0.25, -0.2) is 0 Å². The summed E-state index contributed by atoms with van der Waals surface area (Å²) in [4.78, 5) is 27.9. The first kappa shape index (κ1) is 20.4. The molecule has 7 heteroatoms. The topological polar surface area (TPSA) is 75.9 Å². The van der Waals surface area contributed by atoms with Crippen LogP contribution in [0.3, 0.4) is 0 Å². The van der Waals surface area contributed by atoms with Crippen molar-refractivity contribution in [1.82, 2.24) is 9.80 Å². The van der Waals surface area contributed by atoms with Crippen LogP contribution in [0.25, 0.3) is 0 Å². The van der Waals surface area contributed by atoms with Crippen LogP contribution in [0.1, 0.15) is 18.5 Å². The molecule has 24 heavy (non-hydrogen) atoms. The lowest BCUT2D eigenvalue weighted by atomic mass is 9.94. The molecule has 0 saturated carbocycles. The van der Waals surface area contributed by atoms with Gasteiger partial charge in [-0.05, 0) is 5.56 Å². The number of halogens is 1. The molecule has 0 aliphatic carbocycles. The van der Waals surface area contributed by atoms with Crippen LogP contribution in [-0.4, -0.2) is 61.5 Å². The maximum absolute atomic E-state index is 12.6. The van der Waals surface area contributed by atoms with Crippen LogP contribution < -0.4 is 5.73 Å². The molecule has 2 amide bonds. The lowest BCUT2D eigenvalue weighted by Crippen LogP contribution is -2.53. The van der Waals surface area contributed by atoms with Crippen molar-refractivity contribution < 1.29 is 14.3 Å². The predicted molar refractivity (Wildman–Crippen MR) is 94.8 cm³/mol. The fourth-order valence-electron chi connectivity index (χ4n) is 2.80. The minimum atomic E-state index is -0.322. The third-order valence-corrected chi connectivity index (χ3v) is 4.32. The van der Waals surface area contributed by atoms with Crippen LogP contribution in [0.5, 0.6) is 0 Å². The molecule has 1 aliphatic rings. The minimum Gasteiger partial charge on any atom is -0.375 e. The molecule has 0 aromatic heterocycles. The zero-order valence-corrected chi connectivity index (χ0v) is 15.0. The van der Waals surface area contributed by atoms with Gasteiger partial charge in [-0.15, -0.1) is 12.4 Å². The quantitative estimate of drug-likeness (QED) is 0.857. The van der Waals surface area contributed by atoms with E-state index in [1.54, 1.807) is 9.80 Å². The third-order valence-electron chi connectivity index (χ3n) is 4.32. The van der Waals surface area contributed by atoms with Crippen molar-refractivity contribution in [3.05, 3.63) is 35.9 Å². The van der Waals surface area contributed by atoms with E-state index in [9.17, 15) is 9.59 Å². The molecule has 0 bridgehead atoms. The Morgan fingerprint density at radius 2 is 1.67 bits per heavy atom. The van der Waals surface area contributed by atoms with Gasteiger partial charge in [0, 0.05) is 39.3 Å². The number of hydrogen-bond donors (Lipinski definition) is 1. The van der Waals surface area contributed by atoms with Crippen molar-refractivity contribution in [1.29, 1.82) is 0 Å². The zero-order valence-electron chi connectivity index (χ0n) is 14.2. The smallest absolute Gasteiger partial charge is 0.248 e. The van der Waals surface area contributed by atoms with Gasteiger partial charge in [-0.2, -0.15) is 0 Å². The molecule has 1 aliphatic heterocycles. The van der Waals surface area contributed by atoms with Gasteiger partial charge < -0.3 is 20.3 Å². The lowest BCUT2D eigenvalue weighted by molar-refractivity contribution is -0.144. The van der Waals surface area contributed by atoms with Gasteiger partial charge in [-0.1, -0.05) is 37.3 Å². The highest BCUT2D eigenvalue weighted by atomic mass is 35.5. The van der Waals surface area contributed by atoms with Crippen LogP contribution in [0.4, 0.5) is 0 Å². The van der Waals surface area contributed by atoms with Gasteiger partial charge in [0.1, 0.15) is 6.61 Å². The first-order valence-electron chi connectivity index (χ1n) is 7.90. The summed E-state index contributed by atoms with van der Waals surface area (Å²) in [5.74, 6) is -0.285. The largest absolute Gasteiger partial charge is 0.375 e. The SMILES string of the molecule is COCC(=O)N1CCN(C(=O)C(C)C(N)c2ccccc2)CC1.Cl. The van der Waals surface area contributed by atoms with Gasteiger partial charge in [0.2, 0.25) is 11.8 Å². The Kier molecular flexibility index (Phi) is 8.18. The summed E-state index contributed by atoms with van der Waals surface area (Å²) >= 11 is 0. The summed E-state index contributed by atoms with van der Waals surface area (Å²) < 4.78 is 4.86. The van der Waals surface area contributed by atoms with Crippen molar-refractivity contribution >= 4 is 24.2 Å². The summed E-state index contributed by atoms with van der Waals surface area (Å²) in [7, 11) is 1.50. The Labute approximate surface area is 149 Å². The number of hydrogen-bond acceptors (Lipinski definition) is 4. The van der Waals surface area contributed by atoms with Crippen LogP contribution >= 0.6 is 12.4 Å². The maximum Gasteiger partial charge on any atom is 0.248 e. The van der Waals surface area contributed by atoms with Crippen LogP contribution in [-0.2, 0) is 14.3 Å². The summed E-state index contributed by atoms with van der Waals surface area (Å²) in [6, 6.07) is 9.33. The van der Waals surface area contributed by atoms with Crippen LogP contribution in [0.15, 0.2) is 30.3 Å². The number of ether oxygens (including phenoxy) is 1.